The highest BCUT2D eigenvalue weighted by molar-refractivity contribution is 5.78. The maximum Gasteiger partial charge on any atom is 0.222 e. The third-order valence-electron chi connectivity index (χ3n) is 4.13. The van der Waals surface area contributed by atoms with Gasteiger partial charge in [-0.05, 0) is 49.6 Å². The number of hydrogen-bond acceptors (Lipinski definition) is 2. The van der Waals surface area contributed by atoms with E-state index in [9.17, 15) is 4.79 Å². The van der Waals surface area contributed by atoms with Gasteiger partial charge >= 0.3 is 0 Å². The lowest BCUT2D eigenvalue weighted by molar-refractivity contribution is -0.128. The first kappa shape index (κ1) is 13.9. The quantitative estimate of drug-likeness (QED) is 0.835. The van der Waals surface area contributed by atoms with E-state index >= 15 is 0 Å². The van der Waals surface area contributed by atoms with Gasteiger partial charge in [0.15, 0.2) is 0 Å². The van der Waals surface area contributed by atoms with Crippen molar-refractivity contribution in [3.8, 4) is 0 Å². The molecule has 0 saturated carbocycles. The van der Waals surface area contributed by atoms with Crippen molar-refractivity contribution in [2.45, 2.75) is 46.5 Å². The Balaban J connectivity index is 1.81. The standard InChI is InChI=1S/C15H28N2O/c1-15(2,3)9-13-8-14(18)17(11-13)10-12-4-6-16-7-5-12/h12-13,16H,4-11H2,1-3H3. The topological polar surface area (TPSA) is 32.3 Å². The minimum Gasteiger partial charge on any atom is -0.342 e. The monoisotopic (exact) mass is 252 g/mol. The molecule has 0 aromatic rings. The van der Waals surface area contributed by atoms with Crippen LogP contribution in [-0.4, -0.2) is 37.0 Å². The Bertz CT molecular complexity index is 289. The smallest absolute Gasteiger partial charge is 0.222 e. The van der Waals surface area contributed by atoms with Gasteiger partial charge in [0.25, 0.3) is 0 Å². The Kier molecular flexibility index (Phi) is 4.31. The summed E-state index contributed by atoms with van der Waals surface area (Å²) in [7, 11) is 0. The fraction of sp³-hybridized carbons (Fsp3) is 0.933. The molecule has 104 valence electrons. The number of carbonyl (C=O) groups is 1. The van der Waals surface area contributed by atoms with Gasteiger partial charge in [-0.25, -0.2) is 0 Å². The van der Waals surface area contributed by atoms with Gasteiger partial charge in [-0.3, -0.25) is 4.79 Å². The first-order valence-corrected chi connectivity index (χ1v) is 7.42. The van der Waals surface area contributed by atoms with Gasteiger partial charge < -0.3 is 10.2 Å². The van der Waals surface area contributed by atoms with Crippen LogP contribution in [0.2, 0.25) is 0 Å². The molecule has 3 heteroatoms. The number of likely N-dealkylation sites (tertiary alicyclic amines) is 1. The molecule has 0 aromatic carbocycles. The second kappa shape index (κ2) is 5.60. The molecule has 0 aliphatic carbocycles. The molecule has 2 heterocycles. The van der Waals surface area contributed by atoms with Crippen LogP contribution in [-0.2, 0) is 4.79 Å². The van der Waals surface area contributed by atoms with Crippen molar-refractivity contribution < 1.29 is 4.79 Å². The van der Waals surface area contributed by atoms with Crippen LogP contribution in [0, 0.1) is 17.3 Å². The van der Waals surface area contributed by atoms with Crippen LogP contribution >= 0.6 is 0 Å². The van der Waals surface area contributed by atoms with Gasteiger partial charge in [-0.2, -0.15) is 0 Å². The zero-order chi connectivity index (χ0) is 13.2. The van der Waals surface area contributed by atoms with E-state index < -0.39 is 0 Å². The summed E-state index contributed by atoms with van der Waals surface area (Å²) in [6, 6.07) is 0. The van der Waals surface area contributed by atoms with Crippen LogP contribution in [0.1, 0.15) is 46.5 Å². The number of hydrogen-bond donors (Lipinski definition) is 1. The lowest BCUT2D eigenvalue weighted by atomic mass is 9.84. The normalized spacial score (nSPS) is 26.9. The van der Waals surface area contributed by atoms with Crippen LogP contribution in [0.3, 0.4) is 0 Å². The molecule has 2 aliphatic heterocycles. The van der Waals surface area contributed by atoms with Gasteiger partial charge in [-0.1, -0.05) is 20.8 Å². The lowest BCUT2D eigenvalue weighted by Gasteiger charge is -2.28. The fourth-order valence-electron chi connectivity index (χ4n) is 3.41. The van der Waals surface area contributed by atoms with E-state index in [-0.39, 0.29) is 0 Å². The number of nitrogens with one attached hydrogen (secondary N) is 1. The molecule has 2 aliphatic rings. The average Bonchev–Trinajstić information content (AvgIpc) is 2.58. The largest absolute Gasteiger partial charge is 0.342 e. The van der Waals surface area contributed by atoms with E-state index in [4.69, 9.17) is 0 Å². The highest BCUT2D eigenvalue weighted by Crippen LogP contribution is 2.31. The van der Waals surface area contributed by atoms with E-state index in [1.165, 1.54) is 19.3 Å². The first-order chi connectivity index (χ1) is 8.44. The van der Waals surface area contributed by atoms with Gasteiger partial charge in [-0.15, -0.1) is 0 Å². The van der Waals surface area contributed by atoms with Crippen LogP contribution in [0.25, 0.3) is 0 Å². The minimum absolute atomic E-state index is 0.343. The third-order valence-corrected chi connectivity index (χ3v) is 4.13. The Morgan fingerprint density at radius 2 is 1.89 bits per heavy atom. The molecule has 1 N–H and O–H groups in total. The Morgan fingerprint density at radius 3 is 2.50 bits per heavy atom. The third kappa shape index (κ3) is 3.98. The van der Waals surface area contributed by atoms with E-state index in [1.54, 1.807) is 0 Å². The predicted molar refractivity (Wildman–Crippen MR) is 74.4 cm³/mol. The first-order valence-electron chi connectivity index (χ1n) is 7.42. The summed E-state index contributed by atoms with van der Waals surface area (Å²) >= 11 is 0. The molecule has 0 spiro atoms. The Labute approximate surface area is 111 Å². The van der Waals surface area contributed by atoms with E-state index in [0.717, 1.165) is 38.5 Å². The maximum absolute atomic E-state index is 12.1. The van der Waals surface area contributed by atoms with Crippen molar-refractivity contribution in [1.29, 1.82) is 0 Å². The molecule has 1 atom stereocenters. The van der Waals surface area contributed by atoms with Crippen molar-refractivity contribution in [3.05, 3.63) is 0 Å². The van der Waals surface area contributed by atoms with Crippen molar-refractivity contribution >= 4 is 5.91 Å². The summed E-state index contributed by atoms with van der Waals surface area (Å²) in [6.45, 7) is 11.1. The molecule has 1 amide bonds. The zero-order valence-corrected chi connectivity index (χ0v) is 12.2. The summed E-state index contributed by atoms with van der Waals surface area (Å²) in [6.07, 6.45) is 4.41. The van der Waals surface area contributed by atoms with Crippen molar-refractivity contribution in [2.24, 2.45) is 17.3 Å². The van der Waals surface area contributed by atoms with E-state index in [1.807, 2.05) is 0 Å². The van der Waals surface area contributed by atoms with Crippen LogP contribution in [0.4, 0.5) is 0 Å². The van der Waals surface area contributed by atoms with Gasteiger partial charge in [0.1, 0.15) is 0 Å². The summed E-state index contributed by atoms with van der Waals surface area (Å²) in [4.78, 5) is 14.2. The number of nitrogens with zero attached hydrogens (tertiary/aromatic N) is 1. The molecular weight excluding hydrogens is 224 g/mol. The van der Waals surface area contributed by atoms with Crippen LogP contribution in [0.15, 0.2) is 0 Å². The molecular formula is C15H28N2O. The highest BCUT2D eigenvalue weighted by Gasteiger charge is 2.33. The summed E-state index contributed by atoms with van der Waals surface area (Å²) in [5, 5.41) is 3.39. The molecule has 2 rings (SSSR count). The Morgan fingerprint density at radius 1 is 1.22 bits per heavy atom. The van der Waals surface area contributed by atoms with Gasteiger partial charge in [0.2, 0.25) is 5.91 Å². The molecule has 2 fully saturated rings. The highest BCUT2D eigenvalue weighted by atomic mass is 16.2. The molecule has 0 aromatic heterocycles. The maximum atomic E-state index is 12.1. The summed E-state index contributed by atoms with van der Waals surface area (Å²) in [5.41, 5.74) is 0.343. The molecule has 3 nitrogen and oxygen atoms in total. The number of piperidine rings is 1. The van der Waals surface area contributed by atoms with Crippen LogP contribution < -0.4 is 5.32 Å². The fourth-order valence-corrected chi connectivity index (χ4v) is 3.41. The summed E-state index contributed by atoms with van der Waals surface area (Å²) in [5.74, 6) is 1.70. The van der Waals surface area contributed by atoms with Crippen molar-refractivity contribution in [1.82, 2.24) is 10.2 Å². The average molecular weight is 252 g/mol. The number of amides is 1. The van der Waals surface area contributed by atoms with Crippen molar-refractivity contribution in [3.63, 3.8) is 0 Å². The van der Waals surface area contributed by atoms with E-state index in [2.05, 4.69) is 31.0 Å². The van der Waals surface area contributed by atoms with Gasteiger partial charge in [0.05, 0.1) is 0 Å². The SMILES string of the molecule is CC(C)(C)CC1CC(=O)N(CC2CCNCC2)C1. The van der Waals surface area contributed by atoms with Crippen molar-refractivity contribution in [2.75, 3.05) is 26.2 Å². The van der Waals surface area contributed by atoms with Crippen LogP contribution in [0.5, 0.6) is 0 Å². The second-order valence-corrected chi connectivity index (χ2v) is 7.33. The van der Waals surface area contributed by atoms with Gasteiger partial charge in [0, 0.05) is 19.5 Å². The number of rotatable bonds is 3. The zero-order valence-electron chi connectivity index (χ0n) is 12.2. The molecule has 1 unspecified atom stereocenters. The molecule has 0 bridgehead atoms. The molecule has 0 radical (unpaired) electrons. The molecule has 2 saturated heterocycles. The summed E-state index contributed by atoms with van der Waals surface area (Å²) < 4.78 is 0. The predicted octanol–water partition coefficient (Wildman–Crippen LogP) is 2.27. The minimum atomic E-state index is 0.343. The lowest BCUT2D eigenvalue weighted by Crippen LogP contribution is -2.37. The molecule has 18 heavy (non-hydrogen) atoms. The number of carbonyl (C=O) groups excluding carboxylic acids is 1. The second-order valence-electron chi connectivity index (χ2n) is 7.33. The Hall–Kier alpha value is -0.570. The van der Waals surface area contributed by atoms with E-state index in [0.29, 0.717) is 17.2 Å².